The van der Waals surface area contributed by atoms with Crippen molar-refractivity contribution in [3.63, 3.8) is 0 Å². The molecular formula is C15H27NO3. The monoisotopic (exact) mass is 269 g/mol. The molecule has 19 heavy (non-hydrogen) atoms. The molecule has 4 heteroatoms. The Morgan fingerprint density at radius 1 is 1.26 bits per heavy atom. The van der Waals surface area contributed by atoms with E-state index >= 15 is 0 Å². The van der Waals surface area contributed by atoms with Gasteiger partial charge in [0.15, 0.2) is 0 Å². The van der Waals surface area contributed by atoms with Crippen molar-refractivity contribution in [3.05, 3.63) is 0 Å². The van der Waals surface area contributed by atoms with Crippen molar-refractivity contribution in [3.8, 4) is 0 Å². The van der Waals surface area contributed by atoms with Gasteiger partial charge in [0.25, 0.3) is 0 Å². The zero-order valence-electron chi connectivity index (χ0n) is 12.1. The molecule has 110 valence electrons. The average Bonchev–Trinajstić information content (AvgIpc) is 3.16. The van der Waals surface area contributed by atoms with Gasteiger partial charge >= 0.3 is 5.97 Å². The molecule has 0 aromatic heterocycles. The smallest absolute Gasteiger partial charge is 0.320 e. The van der Waals surface area contributed by atoms with Crippen LogP contribution >= 0.6 is 0 Å². The molecule has 0 amide bonds. The number of carboxylic acids is 1. The first-order valence-electron chi connectivity index (χ1n) is 7.66. The van der Waals surface area contributed by atoms with Crippen LogP contribution in [0, 0.1) is 11.8 Å². The zero-order chi connectivity index (χ0) is 13.8. The summed E-state index contributed by atoms with van der Waals surface area (Å²) in [4.78, 5) is 11.1. The van der Waals surface area contributed by atoms with E-state index < -0.39 is 12.0 Å². The molecule has 2 aliphatic rings. The average molecular weight is 269 g/mol. The van der Waals surface area contributed by atoms with E-state index in [1.54, 1.807) is 0 Å². The molecule has 4 atom stereocenters. The Labute approximate surface area is 115 Å². The highest BCUT2D eigenvalue weighted by atomic mass is 16.5. The second-order valence-electron chi connectivity index (χ2n) is 6.38. The normalized spacial score (nSPS) is 33.1. The summed E-state index contributed by atoms with van der Waals surface area (Å²) in [6, 6.07) is -0.0101. The third-order valence-corrected chi connectivity index (χ3v) is 4.62. The molecule has 2 aliphatic carbocycles. The standard InChI is InChI=1S/C15H27NO3/c1-10-3-6-13(9-11(10)2)19-8-7-14(15(17)18)16-12-4-5-12/h10-14,16H,3-9H2,1-2H3,(H,17,18). The van der Waals surface area contributed by atoms with Gasteiger partial charge in [-0.3, -0.25) is 4.79 Å². The van der Waals surface area contributed by atoms with Gasteiger partial charge in [-0.05, 0) is 50.4 Å². The van der Waals surface area contributed by atoms with Crippen molar-refractivity contribution < 1.29 is 14.6 Å². The van der Waals surface area contributed by atoms with Gasteiger partial charge in [-0.15, -0.1) is 0 Å². The molecule has 0 heterocycles. The molecule has 2 fully saturated rings. The minimum atomic E-state index is -0.749. The van der Waals surface area contributed by atoms with Crippen LogP contribution in [-0.4, -0.2) is 35.9 Å². The van der Waals surface area contributed by atoms with Gasteiger partial charge in [0.2, 0.25) is 0 Å². The fourth-order valence-corrected chi connectivity index (χ4v) is 2.81. The highest BCUT2D eigenvalue weighted by Gasteiger charge is 2.29. The Kier molecular flexibility index (Phi) is 5.22. The summed E-state index contributed by atoms with van der Waals surface area (Å²) in [5.74, 6) is 0.767. The molecule has 4 unspecified atom stereocenters. The van der Waals surface area contributed by atoms with Gasteiger partial charge in [-0.1, -0.05) is 13.8 Å². The number of hydrogen-bond donors (Lipinski definition) is 2. The Hall–Kier alpha value is -0.610. The van der Waals surface area contributed by atoms with Crippen molar-refractivity contribution in [1.29, 1.82) is 0 Å². The Bertz CT molecular complexity index is 304. The zero-order valence-corrected chi connectivity index (χ0v) is 12.1. The lowest BCUT2D eigenvalue weighted by Gasteiger charge is -2.32. The molecule has 4 nitrogen and oxygen atoms in total. The van der Waals surface area contributed by atoms with Gasteiger partial charge in [-0.25, -0.2) is 0 Å². The van der Waals surface area contributed by atoms with E-state index in [9.17, 15) is 4.79 Å². The third-order valence-electron chi connectivity index (χ3n) is 4.62. The van der Waals surface area contributed by atoms with Gasteiger partial charge in [0.05, 0.1) is 6.10 Å². The Morgan fingerprint density at radius 3 is 2.58 bits per heavy atom. The molecule has 2 rings (SSSR count). The van der Waals surface area contributed by atoms with Crippen LogP contribution in [0.4, 0.5) is 0 Å². The SMILES string of the molecule is CC1CCC(OCCC(NC2CC2)C(=O)O)CC1C. The highest BCUT2D eigenvalue weighted by Crippen LogP contribution is 2.31. The number of ether oxygens (including phenoxy) is 1. The second-order valence-corrected chi connectivity index (χ2v) is 6.38. The van der Waals surface area contributed by atoms with E-state index in [1.165, 1.54) is 6.42 Å². The summed E-state index contributed by atoms with van der Waals surface area (Å²) in [7, 11) is 0. The van der Waals surface area contributed by atoms with E-state index in [2.05, 4.69) is 19.2 Å². The molecular weight excluding hydrogens is 242 g/mol. The maximum atomic E-state index is 11.1. The van der Waals surface area contributed by atoms with Crippen LogP contribution in [0.3, 0.4) is 0 Å². The summed E-state index contributed by atoms with van der Waals surface area (Å²) in [5, 5.41) is 12.3. The Morgan fingerprint density at radius 2 is 2.00 bits per heavy atom. The third kappa shape index (κ3) is 4.77. The lowest BCUT2D eigenvalue weighted by atomic mass is 9.80. The van der Waals surface area contributed by atoms with Crippen LogP contribution in [0.25, 0.3) is 0 Å². The van der Waals surface area contributed by atoms with E-state index in [-0.39, 0.29) is 0 Å². The maximum Gasteiger partial charge on any atom is 0.320 e. The summed E-state index contributed by atoms with van der Waals surface area (Å²) >= 11 is 0. The van der Waals surface area contributed by atoms with E-state index in [1.807, 2.05) is 0 Å². The summed E-state index contributed by atoms with van der Waals surface area (Å²) in [5.41, 5.74) is 0. The minimum Gasteiger partial charge on any atom is -0.480 e. The number of aliphatic carboxylic acids is 1. The highest BCUT2D eigenvalue weighted by molar-refractivity contribution is 5.73. The molecule has 0 saturated heterocycles. The summed E-state index contributed by atoms with van der Waals surface area (Å²) in [6.07, 6.45) is 6.61. The maximum absolute atomic E-state index is 11.1. The number of carboxylic acid groups (broad SMARTS) is 1. The van der Waals surface area contributed by atoms with Gasteiger partial charge in [0, 0.05) is 12.6 Å². The minimum absolute atomic E-state index is 0.335. The first-order valence-corrected chi connectivity index (χ1v) is 7.66. The lowest BCUT2D eigenvalue weighted by molar-refractivity contribution is -0.140. The summed E-state index contributed by atoms with van der Waals surface area (Å²) < 4.78 is 5.88. The van der Waals surface area contributed by atoms with Crippen molar-refractivity contribution in [1.82, 2.24) is 5.32 Å². The largest absolute Gasteiger partial charge is 0.480 e. The van der Waals surface area contributed by atoms with Crippen LogP contribution < -0.4 is 5.32 Å². The number of carbonyl (C=O) groups is 1. The first kappa shape index (κ1) is 14.8. The van der Waals surface area contributed by atoms with Gasteiger partial charge < -0.3 is 15.2 Å². The topological polar surface area (TPSA) is 58.6 Å². The van der Waals surface area contributed by atoms with Crippen molar-refractivity contribution in [2.45, 2.75) is 70.6 Å². The fraction of sp³-hybridized carbons (Fsp3) is 0.933. The lowest BCUT2D eigenvalue weighted by Crippen LogP contribution is -2.39. The van der Waals surface area contributed by atoms with Crippen LogP contribution in [0.1, 0.15) is 52.4 Å². The number of rotatable bonds is 7. The van der Waals surface area contributed by atoms with Gasteiger partial charge in [-0.2, -0.15) is 0 Å². The van der Waals surface area contributed by atoms with Crippen LogP contribution in [-0.2, 0) is 9.53 Å². The molecule has 0 aromatic carbocycles. The quantitative estimate of drug-likeness (QED) is 0.745. The first-order chi connectivity index (χ1) is 9.06. The molecule has 2 N–H and O–H groups in total. The molecule has 0 bridgehead atoms. The predicted octanol–water partition coefficient (Wildman–Crippen LogP) is 2.42. The molecule has 2 saturated carbocycles. The van der Waals surface area contributed by atoms with Crippen LogP contribution in [0.2, 0.25) is 0 Å². The van der Waals surface area contributed by atoms with Crippen molar-refractivity contribution in [2.75, 3.05) is 6.61 Å². The molecule has 0 radical (unpaired) electrons. The fourth-order valence-electron chi connectivity index (χ4n) is 2.81. The van der Waals surface area contributed by atoms with Crippen molar-refractivity contribution >= 4 is 5.97 Å². The Balaban J connectivity index is 1.65. The van der Waals surface area contributed by atoms with Crippen molar-refractivity contribution in [2.24, 2.45) is 11.8 Å². The van der Waals surface area contributed by atoms with E-state index in [4.69, 9.17) is 9.84 Å². The molecule has 0 aliphatic heterocycles. The van der Waals surface area contributed by atoms with Crippen LogP contribution in [0.15, 0.2) is 0 Å². The van der Waals surface area contributed by atoms with E-state index in [0.29, 0.717) is 25.2 Å². The number of hydrogen-bond acceptors (Lipinski definition) is 3. The number of nitrogens with one attached hydrogen (secondary N) is 1. The molecule has 0 spiro atoms. The summed E-state index contributed by atoms with van der Waals surface area (Å²) in [6.45, 7) is 5.15. The second kappa shape index (κ2) is 6.71. The van der Waals surface area contributed by atoms with E-state index in [0.717, 1.165) is 37.5 Å². The molecule has 0 aromatic rings. The van der Waals surface area contributed by atoms with Gasteiger partial charge in [0.1, 0.15) is 6.04 Å². The predicted molar refractivity (Wildman–Crippen MR) is 74.1 cm³/mol. The van der Waals surface area contributed by atoms with Crippen LogP contribution in [0.5, 0.6) is 0 Å².